The molecular weight excluding hydrogens is 424 g/mol. The third-order valence-corrected chi connectivity index (χ3v) is 6.04. The van der Waals surface area contributed by atoms with Gasteiger partial charge in [0.15, 0.2) is 0 Å². The van der Waals surface area contributed by atoms with E-state index in [9.17, 15) is 9.59 Å². The summed E-state index contributed by atoms with van der Waals surface area (Å²) in [6.07, 6.45) is 0.672. The quantitative estimate of drug-likeness (QED) is 0.482. The van der Waals surface area contributed by atoms with Crippen LogP contribution in [0.3, 0.4) is 0 Å². The molecule has 0 aliphatic heterocycles. The molecule has 0 aliphatic carbocycles. The summed E-state index contributed by atoms with van der Waals surface area (Å²) in [5.74, 6) is 0.484. The summed E-state index contributed by atoms with van der Waals surface area (Å²) in [6.45, 7) is 6.81. The molecule has 0 heterocycles. The second-order valence-electron chi connectivity index (χ2n) is 8.57. The molecule has 0 radical (unpaired) electrons. The predicted molar refractivity (Wildman–Crippen MR) is 136 cm³/mol. The maximum Gasteiger partial charge on any atom is 0.243 e. The van der Waals surface area contributed by atoms with Gasteiger partial charge in [-0.25, -0.2) is 0 Å². The van der Waals surface area contributed by atoms with Gasteiger partial charge in [0, 0.05) is 19.5 Å². The van der Waals surface area contributed by atoms with Gasteiger partial charge in [-0.1, -0.05) is 60.7 Å². The first-order valence-corrected chi connectivity index (χ1v) is 11.7. The highest BCUT2D eigenvalue weighted by atomic mass is 16.5. The highest BCUT2D eigenvalue weighted by Gasteiger charge is 2.30. The molecular formula is C29H34N2O3. The van der Waals surface area contributed by atoms with Gasteiger partial charge in [-0.15, -0.1) is 0 Å². The number of benzene rings is 3. The van der Waals surface area contributed by atoms with E-state index in [1.807, 2.05) is 80.6 Å². The SMILES string of the molecule is CCNC(=O)[C@@H](Cc1ccccc1)N(Cc1cccc(OC)c1)C(=O)Cc1ccc(C)c(C)c1. The highest BCUT2D eigenvalue weighted by molar-refractivity contribution is 5.88. The number of ether oxygens (including phenoxy) is 1. The molecule has 0 saturated carbocycles. The fraction of sp³-hybridized carbons (Fsp3) is 0.310. The summed E-state index contributed by atoms with van der Waals surface area (Å²) in [5.41, 5.74) is 5.20. The molecule has 34 heavy (non-hydrogen) atoms. The Labute approximate surface area is 202 Å². The van der Waals surface area contributed by atoms with Gasteiger partial charge in [0.2, 0.25) is 11.8 Å². The molecule has 0 spiro atoms. The van der Waals surface area contributed by atoms with E-state index in [0.29, 0.717) is 19.5 Å². The molecule has 0 unspecified atom stereocenters. The van der Waals surface area contributed by atoms with Gasteiger partial charge in [0.1, 0.15) is 11.8 Å². The number of carbonyl (C=O) groups excluding carboxylic acids is 2. The van der Waals surface area contributed by atoms with E-state index in [-0.39, 0.29) is 18.2 Å². The van der Waals surface area contributed by atoms with Crippen LogP contribution in [0.5, 0.6) is 5.75 Å². The Morgan fingerprint density at radius 2 is 1.62 bits per heavy atom. The molecule has 0 fully saturated rings. The fourth-order valence-electron chi connectivity index (χ4n) is 4.00. The van der Waals surface area contributed by atoms with Gasteiger partial charge in [-0.3, -0.25) is 9.59 Å². The number of amides is 2. The summed E-state index contributed by atoms with van der Waals surface area (Å²) in [6, 6.07) is 22.9. The van der Waals surface area contributed by atoms with Gasteiger partial charge >= 0.3 is 0 Å². The Hall–Kier alpha value is -3.60. The summed E-state index contributed by atoms with van der Waals surface area (Å²) >= 11 is 0. The van der Waals surface area contributed by atoms with Gasteiger partial charge in [-0.2, -0.15) is 0 Å². The van der Waals surface area contributed by atoms with Crippen LogP contribution in [0.1, 0.15) is 34.7 Å². The van der Waals surface area contributed by atoms with Crippen molar-refractivity contribution in [1.82, 2.24) is 10.2 Å². The Morgan fingerprint density at radius 3 is 2.29 bits per heavy atom. The summed E-state index contributed by atoms with van der Waals surface area (Å²) in [5, 5.41) is 2.93. The number of aryl methyl sites for hydroxylation is 2. The summed E-state index contributed by atoms with van der Waals surface area (Å²) < 4.78 is 5.38. The van der Waals surface area contributed by atoms with Crippen LogP contribution in [0.2, 0.25) is 0 Å². The third-order valence-electron chi connectivity index (χ3n) is 6.04. The van der Waals surface area contributed by atoms with E-state index in [0.717, 1.165) is 28.0 Å². The molecule has 3 rings (SSSR count). The zero-order valence-electron chi connectivity index (χ0n) is 20.5. The lowest BCUT2D eigenvalue weighted by molar-refractivity contribution is -0.140. The monoisotopic (exact) mass is 458 g/mol. The second kappa shape index (κ2) is 12.0. The van der Waals surface area contributed by atoms with Crippen molar-refractivity contribution >= 4 is 11.8 Å². The Bertz CT molecular complexity index is 1110. The van der Waals surface area contributed by atoms with Crippen molar-refractivity contribution in [3.63, 3.8) is 0 Å². The van der Waals surface area contributed by atoms with Crippen LogP contribution in [0.4, 0.5) is 0 Å². The molecule has 0 aromatic heterocycles. The minimum absolute atomic E-state index is 0.0849. The van der Waals surface area contributed by atoms with Crippen molar-refractivity contribution in [2.75, 3.05) is 13.7 Å². The van der Waals surface area contributed by atoms with E-state index in [1.165, 1.54) is 5.56 Å². The largest absolute Gasteiger partial charge is 0.497 e. The highest BCUT2D eigenvalue weighted by Crippen LogP contribution is 2.20. The number of methoxy groups -OCH3 is 1. The third kappa shape index (κ3) is 6.70. The minimum Gasteiger partial charge on any atom is -0.497 e. The average Bonchev–Trinajstić information content (AvgIpc) is 2.84. The first-order valence-electron chi connectivity index (χ1n) is 11.7. The van der Waals surface area contributed by atoms with Crippen LogP contribution in [0.25, 0.3) is 0 Å². The van der Waals surface area contributed by atoms with E-state index in [2.05, 4.69) is 18.3 Å². The first-order chi connectivity index (χ1) is 16.4. The van der Waals surface area contributed by atoms with Crippen LogP contribution >= 0.6 is 0 Å². The molecule has 5 nitrogen and oxygen atoms in total. The predicted octanol–water partition coefficient (Wildman–Crippen LogP) is 4.63. The standard InChI is InChI=1S/C29H34N2O3/c1-5-30-29(33)27(18-23-10-7-6-8-11-23)31(20-25-12-9-13-26(17-25)34-4)28(32)19-24-15-14-21(2)22(3)16-24/h6-17,27H,5,18-20H2,1-4H3,(H,30,33)/t27-/m1/s1. The lowest BCUT2D eigenvalue weighted by atomic mass is 10.00. The summed E-state index contributed by atoms with van der Waals surface area (Å²) in [4.78, 5) is 28.7. The molecule has 3 aromatic carbocycles. The van der Waals surface area contributed by atoms with Crippen LogP contribution in [-0.2, 0) is 29.0 Å². The van der Waals surface area contributed by atoms with Crippen molar-refractivity contribution in [2.45, 2.75) is 46.2 Å². The van der Waals surface area contributed by atoms with Crippen molar-refractivity contribution < 1.29 is 14.3 Å². The molecule has 1 N–H and O–H groups in total. The van der Waals surface area contributed by atoms with Crippen LogP contribution in [0.15, 0.2) is 72.8 Å². The van der Waals surface area contributed by atoms with Crippen LogP contribution < -0.4 is 10.1 Å². The Balaban J connectivity index is 1.97. The second-order valence-corrected chi connectivity index (χ2v) is 8.57. The molecule has 0 bridgehead atoms. The zero-order chi connectivity index (χ0) is 24.5. The number of likely N-dealkylation sites (N-methyl/N-ethyl adjacent to an activating group) is 1. The number of nitrogens with zero attached hydrogens (tertiary/aromatic N) is 1. The van der Waals surface area contributed by atoms with Gasteiger partial charge < -0.3 is 15.0 Å². The number of nitrogens with one attached hydrogen (secondary N) is 1. The number of carbonyl (C=O) groups is 2. The minimum atomic E-state index is -0.632. The Morgan fingerprint density at radius 1 is 0.882 bits per heavy atom. The number of rotatable bonds is 10. The smallest absolute Gasteiger partial charge is 0.243 e. The van der Waals surface area contributed by atoms with Crippen LogP contribution in [0, 0.1) is 13.8 Å². The molecule has 3 aromatic rings. The van der Waals surface area contributed by atoms with Crippen molar-refractivity contribution in [3.8, 4) is 5.75 Å². The fourth-order valence-corrected chi connectivity index (χ4v) is 4.00. The normalized spacial score (nSPS) is 11.5. The molecule has 0 aliphatic rings. The lowest BCUT2D eigenvalue weighted by Crippen LogP contribution is -2.50. The molecule has 178 valence electrons. The van der Waals surface area contributed by atoms with Crippen molar-refractivity contribution in [2.24, 2.45) is 0 Å². The van der Waals surface area contributed by atoms with E-state index < -0.39 is 6.04 Å². The average molecular weight is 459 g/mol. The number of hydrogen-bond acceptors (Lipinski definition) is 3. The van der Waals surface area contributed by atoms with Crippen LogP contribution in [-0.4, -0.2) is 36.4 Å². The van der Waals surface area contributed by atoms with Gasteiger partial charge in [0.25, 0.3) is 0 Å². The zero-order valence-corrected chi connectivity index (χ0v) is 20.5. The lowest BCUT2D eigenvalue weighted by Gasteiger charge is -2.31. The van der Waals surface area contributed by atoms with Gasteiger partial charge in [0.05, 0.1) is 13.5 Å². The molecule has 5 heteroatoms. The molecule has 0 saturated heterocycles. The van der Waals surface area contributed by atoms with E-state index >= 15 is 0 Å². The van der Waals surface area contributed by atoms with E-state index in [1.54, 1.807) is 12.0 Å². The molecule has 1 atom stereocenters. The summed E-state index contributed by atoms with van der Waals surface area (Å²) in [7, 11) is 1.62. The molecule has 2 amide bonds. The number of hydrogen-bond donors (Lipinski definition) is 1. The maximum atomic E-state index is 13.7. The van der Waals surface area contributed by atoms with Crippen molar-refractivity contribution in [3.05, 3.63) is 101 Å². The topological polar surface area (TPSA) is 58.6 Å². The van der Waals surface area contributed by atoms with Crippen molar-refractivity contribution in [1.29, 1.82) is 0 Å². The Kier molecular flexibility index (Phi) is 8.86. The van der Waals surface area contributed by atoms with Gasteiger partial charge in [-0.05, 0) is 60.7 Å². The van der Waals surface area contributed by atoms with E-state index in [4.69, 9.17) is 4.74 Å². The maximum absolute atomic E-state index is 13.7. The first kappa shape index (κ1) is 25.0.